The van der Waals surface area contributed by atoms with Crippen LogP contribution in [0.4, 0.5) is 0 Å². The van der Waals surface area contributed by atoms with Gasteiger partial charge in [-0.15, -0.1) is 12.4 Å². The third-order valence-electron chi connectivity index (χ3n) is 5.75. The van der Waals surface area contributed by atoms with Crippen molar-refractivity contribution >= 4 is 34.2 Å². The summed E-state index contributed by atoms with van der Waals surface area (Å²) in [4.78, 5) is 15.6. The van der Waals surface area contributed by atoms with Crippen molar-refractivity contribution in [3.05, 3.63) is 34.3 Å². The molecule has 0 radical (unpaired) electrons. The molecule has 2 saturated heterocycles. The average molecular weight is 432 g/mol. The molecule has 1 amide bonds. The van der Waals surface area contributed by atoms with Crippen molar-refractivity contribution in [1.29, 1.82) is 0 Å². The van der Waals surface area contributed by atoms with Gasteiger partial charge in [0.1, 0.15) is 0 Å². The Balaban J connectivity index is 0.00000225. The highest BCUT2D eigenvalue weighted by molar-refractivity contribution is 9.10. The van der Waals surface area contributed by atoms with Crippen molar-refractivity contribution in [2.75, 3.05) is 26.3 Å². The third-order valence-corrected chi connectivity index (χ3v) is 6.28. The van der Waals surface area contributed by atoms with Gasteiger partial charge in [0.05, 0.1) is 5.41 Å². The van der Waals surface area contributed by atoms with E-state index in [9.17, 15) is 4.79 Å². The first kappa shape index (κ1) is 20.7. The summed E-state index contributed by atoms with van der Waals surface area (Å²) in [7, 11) is 0. The maximum absolute atomic E-state index is 13.6. The number of hydrogen-bond donors (Lipinski definition) is 1. The number of nitrogens with zero attached hydrogens (tertiary/aromatic N) is 1. The minimum Gasteiger partial charge on any atom is -0.381 e. The van der Waals surface area contributed by atoms with Gasteiger partial charge in [-0.1, -0.05) is 41.9 Å². The summed E-state index contributed by atoms with van der Waals surface area (Å²) in [6.45, 7) is 7.08. The second kappa shape index (κ2) is 7.95. The number of benzene rings is 1. The van der Waals surface area contributed by atoms with Crippen LogP contribution in [-0.4, -0.2) is 43.2 Å². The summed E-state index contributed by atoms with van der Waals surface area (Å²) >= 11 is 3.49. The summed E-state index contributed by atoms with van der Waals surface area (Å²) in [5.74, 6) is 0.244. The summed E-state index contributed by atoms with van der Waals surface area (Å²) in [6.07, 6.45) is 2.36. The van der Waals surface area contributed by atoms with E-state index in [0.29, 0.717) is 13.2 Å². The molecule has 2 aliphatic heterocycles. The Hall–Kier alpha value is -0.620. The Kier molecular flexibility index (Phi) is 6.58. The zero-order valence-corrected chi connectivity index (χ0v) is 17.4. The van der Waals surface area contributed by atoms with Crippen LogP contribution < -0.4 is 5.73 Å². The van der Waals surface area contributed by atoms with Crippen molar-refractivity contribution in [1.82, 2.24) is 4.90 Å². The van der Waals surface area contributed by atoms with E-state index >= 15 is 0 Å². The SMILES string of the molecule is CC1(C)CN(C(=O)C2(c3ccc(Br)cc3)CCOCC2)CCC1N.Cl. The molecule has 140 valence electrons. The molecule has 6 heteroatoms. The monoisotopic (exact) mass is 430 g/mol. The molecular weight excluding hydrogens is 404 g/mol. The maximum Gasteiger partial charge on any atom is 0.233 e. The van der Waals surface area contributed by atoms with Crippen LogP contribution >= 0.6 is 28.3 Å². The number of halogens is 2. The lowest BCUT2D eigenvalue weighted by Gasteiger charge is -2.47. The van der Waals surface area contributed by atoms with E-state index in [0.717, 1.165) is 42.4 Å². The van der Waals surface area contributed by atoms with Gasteiger partial charge in [0.25, 0.3) is 0 Å². The largest absolute Gasteiger partial charge is 0.381 e. The maximum atomic E-state index is 13.6. The molecule has 4 nitrogen and oxygen atoms in total. The van der Waals surface area contributed by atoms with Crippen molar-refractivity contribution in [2.45, 2.75) is 44.6 Å². The molecule has 1 atom stereocenters. The summed E-state index contributed by atoms with van der Waals surface area (Å²) in [5, 5.41) is 0. The van der Waals surface area contributed by atoms with Crippen LogP contribution in [0.1, 0.15) is 38.7 Å². The van der Waals surface area contributed by atoms with E-state index in [-0.39, 0.29) is 29.8 Å². The lowest BCUT2D eigenvalue weighted by Crippen LogP contribution is -2.58. The van der Waals surface area contributed by atoms with E-state index in [2.05, 4.69) is 41.9 Å². The second-order valence-electron chi connectivity index (χ2n) is 7.81. The van der Waals surface area contributed by atoms with E-state index < -0.39 is 5.41 Å². The Morgan fingerprint density at radius 2 is 1.84 bits per heavy atom. The number of hydrogen-bond acceptors (Lipinski definition) is 3. The van der Waals surface area contributed by atoms with E-state index in [1.807, 2.05) is 17.0 Å². The number of nitrogens with two attached hydrogens (primary N) is 1. The first-order valence-corrected chi connectivity index (χ1v) is 9.53. The Morgan fingerprint density at radius 1 is 1.24 bits per heavy atom. The normalized spacial score (nSPS) is 25.1. The predicted octanol–water partition coefficient (Wildman–Crippen LogP) is 3.50. The van der Waals surface area contributed by atoms with Gasteiger partial charge in [-0.2, -0.15) is 0 Å². The highest BCUT2D eigenvalue weighted by atomic mass is 79.9. The van der Waals surface area contributed by atoms with E-state index in [1.54, 1.807) is 0 Å². The van der Waals surface area contributed by atoms with Crippen LogP contribution in [0.5, 0.6) is 0 Å². The summed E-state index contributed by atoms with van der Waals surface area (Å²) < 4.78 is 6.60. The Labute approximate surface area is 165 Å². The highest BCUT2D eigenvalue weighted by Gasteiger charge is 2.46. The zero-order chi connectivity index (χ0) is 17.4. The molecular formula is C19H28BrClN2O2. The van der Waals surface area contributed by atoms with Gasteiger partial charge < -0.3 is 15.4 Å². The topological polar surface area (TPSA) is 55.6 Å². The number of likely N-dealkylation sites (tertiary alicyclic amines) is 1. The Bertz CT molecular complexity index is 600. The lowest BCUT2D eigenvalue weighted by atomic mass is 9.71. The van der Waals surface area contributed by atoms with E-state index in [4.69, 9.17) is 10.5 Å². The number of rotatable bonds is 2. The number of carbonyl (C=O) groups excluding carboxylic acids is 1. The zero-order valence-electron chi connectivity index (χ0n) is 15.0. The number of piperidine rings is 1. The van der Waals surface area contributed by atoms with E-state index in [1.165, 1.54) is 0 Å². The summed E-state index contributed by atoms with van der Waals surface area (Å²) in [6, 6.07) is 8.36. The number of amides is 1. The van der Waals surface area contributed by atoms with Gasteiger partial charge in [0, 0.05) is 36.8 Å². The molecule has 0 aliphatic carbocycles. The number of ether oxygens (including phenoxy) is 1. The first-order valence-electron chi connectivity index (χ1n) is 8.74. The standard InChI is InChI=1S/C19H27BrN2O2.ClH/c1-18(2)13-22(10-7-16(18)21)17(23)19(8-11-24-12-9-19)14-3-5-15(20)6-4-14;/h3-6,16H,7-13,21H2,1-2H3;1H. The fraction of sp³-hybridized carbons (Fsp3) is 0.632. The smallest absolute Gasteiger partial charge is 0.233 e. The molecule has 2 heterocycles. The fourth-order valence-corrected chi connectivity index (χ4v) is 4.23. The minimum atomic E-state index is -0.462. The average Bonchev–Trinajstić information content (AvgIpc) is 2.58. The van der Waals surface area contributed by atoms with Crippen LogP contribution in [0.15, 0.2) is 28.7 Å². The molecule has 1 aromatic carbocycles. The lowest BCUT2D eigenvalue weighted by molar-refractivity contribution is -0.144. The van der Waals surface area contributed by atoms with Crippen molar-refractivity contribution in [2.24, 2.45) is 11.1 Å². The fourth-order valence-electron chi connectivity index (χ4n) is 3.96. The Morgan fingerprint density at radius 3 is 2.40 bits per heavy atom. The van der Waals surface area contributed by atoms with Crippen molar-refractivity contribution in [3.8, 4) is 0 Å². The van der Waals surface area contributed by atoms with Gasteiger partial charge >= 0.3 is 0 Å². The molecule has 0 aromatic heterocycles. The van der Waals surface area contributed by atoms with Crippen LogP contribution in [0.25, 0.3) is 0 Å². The molecule has 1 unspecified atom stereocenters. The molecule has 0 spiro atoms. The van der Waals surface area contributed by atoms with Crippen LogP contribution in [0, 0.1) is 5.41 Å². The van der Waals surface area contributed by atoms with Crippen molar-refractivity contribution in [3.63, 3.8) is 0 Å². The van der Waals surface area contributed by atoms with Gasteiger partial charge in [-0.3, -0.25) is 4.79 Å². The molecule has 0 bridgehead atoms. The summed E-state index contributed by atoms with van der Waals surface area (Å²) in [5.41, 5.74) is 6.85. The molecule has 2 fully saturated rings. The molecule has 25 heavy (non-hydrogen) atoms. The van der Waals surface area contributed by atoms with Gasteiger partial charge in [-0.05, 0) is 42.4 Å². The quantitative estimate of drug-likeness (QED) is 0.779. The molecule has 0 saturated carbocycles. The second-order valence-corrected chi connectivity index (χ2v) is 8.73. The van der Waals surface area contributed by atoms with Crippen LogP contribution in [-0.2, 0) is 14.9 Å². The molecule has 1 aromatic rings. The third kappa shape index (κ3) is 4.05. The minimum absolute atomic E-state index is 0. The highest BCUT2D eigenvalue weighted by Crippen LogP contribution is 2.39. The van der Waals surface area contributed by atoms with Gasteiger partial charge in [-0.25, -0.2) is 0 Å². The first-order chi connectivity index (χ1) is 11.3. The van der Waals surface area contributed by atoms with Gasteiger partial charge in [0.15, 0.2) is 0 Å². The van der Waals surface area contributed by atoms with Crippen LogP contribution in [0.2, 0.25) is 0 Å². The van der Waals surface area contributed by atoms with Crippen LogP contribution in [0.3, 0.4) is 0 Å². The molecule has 3 rings (SSSR count). The predicted molar refractivity (Wildman–Crippen MR) is 106 cm³/mol. The number of carbonyl (C=O) groups is 1. The van der Waals surface area contributed by atoms with Crippen molar-refractivity contribution < 1.29 is 9.53 Å². The molecule has 2 N–H and O–H groups in total. The molecule has 2 aliphatic rings. The van der Waals surface area contributed by atoms with Gasteiger partial charge in [0.2, 0.25) is 5.91 Å².